The zero-order chi connectivity index (χ0) is 19.8. The number of rotatable bonds is 4. The number of benzene rings is 2. The Hall–Kier alpha value is -3.12. The highest BCUT2D eigenvalue weighted by Gasteiger charge is 2.25. The molecule has 2 aromatic carbocycles. The number of amides is 1. The smallest absolute Gasteiger partial charge is 0.227 e. The van der Waals surface area contributed by atoms with E-state index in [0.717, 1.165) is 71.5 Å². The van der Waals surface area contributed by atoms with E-state index in [2.05, 4.69) is 23.4 Å². The summed E-state index contributed by atoms with van der Waals surface area (Å²) < 4.78 is 10.9. The number of carbonyl (C=O) groups is 1. The zero-order valence-corrected chi connectivity index (χ0v) is 16.5. The average Bonchev–Trinajstić information content (AvgIpc) is 3.34. The number of carbonyl (C=O) groups excluding carboxylic acids is 1. The van der Waals surface area contributed by atoms with Gasteiger partial charge in [-0.15, -0.1) is 0 Å². The van der Waals surface area contributed by atoms with Crippen molar-refractivity contribution < 1.29 is 18.6 Å². The highest BCUT2D eigenvalue weighted by Crippen LogP contribution is 2.30. The van der Waals surface area contributed by atoms with E-state index in [1.807, 2.05) is 36.1 Å². The van der Waals surface area contributed by atoms with Crippen LogP contribution in [0.5, 0.6) is 0 Å². The van der Waals surface area contributed by atoms with Gasteiger partial charge in [0.25, 0.3) is 0 Å². The second kappa shape index (κ2) is 7.37. The molecule has 148 valence electrons. The van der Waals surface area contributed by atoms with Crippen LogP contribution >= 0.6 is 0 Å². The van der Waals surface area contributed by atoms with Crippen molar-refractivity contribution in [1.82, 2.24) is 10.1 Å². The molecule has 5 rings (SSSR count). The number of furan rings is 1. The average molecular weight is 390 g/mol. The number of aromatic nitrogens is 1. The van der Waals surface area contributed by atoms with Crippen molar-refractivity contribution in [3.05, 3.63) is 65.7 Å². The first-order valence-electron chi connectivity index (χ1n) is 10.1. The molecule has 6 heteroatoms. The van der Waals surface area contributed by atoms with Crippen LogP contribution in [-0.2, 0) is 17.8 Å². The zero-order valence-electron chi connectivity index (χ0n) is 16.5. The van der Waals surface area contributed by atoms with E-state index in [1.165, 1.54) is 4.90 Å². The summed E-state index contributed by atoms with van der Waals surface area (Å²) in [6, 6.07) is 14.3. The molecule has 0 aliphatic carbocycles. The first kappa shape index (κ1) is 17.9. The van der Waals surface area contributed by atoms with Crippen LogP contribution in [0.2, 0.25) is 0 Å². The molecule has 0 saturated carbocycles. The molecule has 1 fully saturated rings. The molecule has 0 radical (unpaired) electrons. The van der Waals surface area contributed by atoms with Gasteiger partial charge < -0.3 is 18.7 Å². The van der Waals surface area contributed by atoms with Crippen molar-refractivity contribution >= 4 is 27.6 Å². The van der Waals surface area contributed by atoms with E-state index in [4.69, 9.17) is 8.94 Å². The topological polar surface area (TPSA) is 63.9 Å². The number of aryl methyl sites for hydroxylation is 1. The molecular formula is C23H24N3O3+. The van der Waals surface area contributed by atoms with Gasteiger partial charge in [-0.05, 0) is 23.8 Å². The summed E-state index contributed by atoms with van der Waals surface area (Å²) in [6.07, 6.45) is 2.11. The summed E-state index contributed by atoms with van der Waals surface area (Å²) in [4.78, 5) is 16.4. The highest BCUT2D eigenvalue weighted by molar-refractivity contribution is 6.08. The number of hydrogen-bond donors (Lipinski definition) is 1. The number of quaternary nitrogens is 1. The lowest BCUT2D eigenvalue weighted by Crippen LogP contribution is -3.13. The third-order valence-electron chi connectivity index (χ3n) is 5.81. The molecule has 4 aromatic rings. The Morgan fingerprint density at radius 3 is 2.79 bits per heavy atom. The lowest BCUT2D eigenvalue weighted by Gasteiger charge is -2.31. The Bertz CT molecular complexity index is 1170. The van der Waals surface area contributed by atoms with Gasteiger partial charge in [-0.2, -0.15) is 0 Å². The van der Waals surface area contributed by atoms with Crippen LogP contribution in [-0.4, -0.2) is 42.1 Å². The van der Waals surface area contributed by atoms with Crippen LogP contribution in [0, 0.1) is 6.92 Å². The molecular weight excluding hydrogens is 366 g/mol. The van der Waals surface area contributed by atoms with Gasteiger partial charge in [0, 0.05) is 17.0 Å². The standard InChI is InChI=1S/C23H23N3O3/c1-16-12-19(24-29-16)14-25-8-10-26(11-9-25)22(27)13-18-15-28-21-7-6-17-4-2-3-5-20(17)23(18)21/h2-7,12,15H,8-11,13-14H2,1H3/p+1. The van der Waals surface area contributed by atoms with Gasteiger partial charge in [-0.3, -0.25) is 4.79 Å². The van der Waals surface area contributed by atoms with Gasteiger partial charge in [0.05, 0.1) is 38.9 Å². The molecule has 6 nitrogen and oxygen atoms in total. The predicted molar refractivity (Wildman–Crippen MR) is 110 cm³/mol. The van der Waals surface area contributed by atoms with E-state index in [0.29, 0.717) is 6.42 Å². The summed E-state index contributed by atoms with van der Waals surface area (Å²) in [5.41, 5.74) is 2.78. The van der Waals surface area contributed by atoms with E-state index >= 15 is 0 Å². The first-order valence-corrected chi connectivity index (χ1v) is 10.1. The minimum atomic E-state index is 0.164. The number of nitrogens with one attached hydrogen (secondary N) is 1. The molecule has 0 bridgehead atoms. The maximum absolute atomic E-state index is 13.0. The van der Waals surface area contributed by atoms with Gasteiger partial charge in [0.1, 0.15) is 23.6 Å². The second-order valence-electron chi connectivity index (χ2n) is 7.83. The molecule has 0 atom stereocenters. The van der Waals surface area contributed by atoms with Gasteiger partial charge in [-0.25, -0.2) is 0 Å². The Morgan fingerprint density at radius 1 is 1.17 bits per heavy atom. The summed E-state index contributed by atoms with van der Waals surface area (Å²) in [5, 5.41) is 7.44. The SMILES string of the molecule is Cc1cc(C[NH+]2CCN(C(=O)Cc3coc4ccc5ccccc5c34)CC2)no1. The molecule has 3 heterocycles. The highest BCUT2D eigenvalue weighted by atomic mass is 16.5. The van der Waals surface area contributed by atoms with Gasteiger partial charge >= 0.3 is 0 Å². The van der Waals surface area contributed by atoms with E-state index in [9.17, 15) is 4.79 Å². The normalized spacial score (nSPS) is 15.4. The van der Waals surface area contributed by atoms with Crippen molar-refractivity contribution in [3.63, 3.8) is 0 Å². The van der Waals surface area contributed by atoms with Crippen LogP contribution < -0.4 is 4.90 Å². The van der Waals surface area contributed by atoms with E-state index in [-0.39, 0.29) is 5.91 Å². The van der Waals surface area contributed by atoms with Gasteiger partial charge in [-0.1, -0.05) is 35.5 Å². The molecule has 29 heavy (non-hydrogen) atoms. The molecule has 1 amide bonds. The molecule has 2 aromatic heterocycles. The predicted octanol–water partition coefficient (Wildman–Crippen LogP) is 2.35. The van der Waals surface area contributed by atoms with Crippen molar-refractivity contribution in [2.75, 3.05) is 26.2 Å². The van der Waals surface area contributed by atoms with Crippen molar-refractivity contribution in [2.24, 2.45) is 0 Å². The minimum Gasteiger partial charge on any atom is -0.464 e. The Kier molecular flexibility index (Phi) is 4.56. The minimum absolute atomic E-state index is 0.164. The number of piperazine rings is 1. The van der Waals surface area contributed by atoms with Crippen molar-refractivity contribution in [1.29, 1.82) is 0 Å². The fourth-order valence-electron chi connectivity index (χ4n) is 4.29. The third kappa shape index (κ3) is 3.51. The Labute approximate surface area is 168 Å². The largest absolute Gasteiger partial charge is 0.464 e. The number of hydrogen-bond acceptors (Lipinski definition) is 4. The molecule has 0 unspecified atom stereocenters. The summed E-state index contributed by atoms with van der Waals surface area (Å²) in [5.74, 6) is 1.00. The maximum atomic E-state index is 13.0. The molecule has 1 saturated heterocycles. The van der Waals surface area contributed by atoms with Gasteiger partial charge in [0.15, 0.2) is 0 Å². The summed E-state index contributed by atoms with van der Waals surface area (Å²) in [6.45, 7) is 6.13. The quantitative estimate of drug-likeness (QED) is 0.581. The fourth-order valence-corrected chi connectivity index (χ4v) is 4.29. The van der Waals surface area contributed by atoms with Crippen LogP contribution in [0.1, 0.15) is 17.0 Å². The van der Waals surface area contributed by atoms with Crippen molar-refractivity contribution in [3.8, 4) is 0 Å². The Morgan fingerprint density at radius 2 is 2.00 bits per heavy atom. The van der Waals surface area contributed by atoms with Crippen LogP contribution in [0.15, 0.2) is 57.7 Å². The lowest BCUT2D eigenvalue weighted by atomic mass is 10.0. The lowest BCUT2D eigenvalue weighted by molar-refractivity contribution is -0.918. The number of nitrogens with zero attached hydrogens (tertiary/aromatic N) is 2. The van der Waals surface area contributed by atoms with E-state index in [1.54, 1.807) is 6.26 Å². The second-order valence-corrected chi connectivity index (χ2v) is 7.83. The third-order valence-corrected chi connectivity index (χ3v) is 5.81. The van der Waals surface area contributed by atoms with Crippen LogP contribution in [0.25, 0.3) is 21.7 Å². The van der Waals surface area contributed by atoms with Crippen molar-refractivity contribution in [2.45, 2.75) is 19.9 Å². The van der Waals surface area contributed by atoms with E-state index < -0.39 is 0 Å². The number of fused-ring (bicyclic) bond motifs is 3. The first-order chi connectivity index (χ1) is 14.2. The monoisotopic (exact) mass is 390 g/mol. The van der Waals surface area contributed by atoms with Crippen LogP contribution in [0.3, 0.4) is 0 Å². The van der Waals surface area contributed by atoms with Crippen LogP contribution in [0.4, 0.5) is 0 Å². The molecule has 0 spiro atoms. The maximum Gasteiger partial charge on any atom is 0.227 e. The molecule has 1 aliphatic rings. The molecule has 1 aliphatic heterocycles. The summed E-state index contributed by atoms with van der Waals surface area (Å²) in [7, 11) is 0. The summed E-state index contributed by atoms with van der Waals surface area (Å²) >= 11 is 0. The molecule has 1 N–H and O–H groups in total. The Balaban J connectivity index is 1.27. The van der Waals surface area contributed by atoms with Gasteiger partial charge in [0.2, 0.25) is 5.91 Å². The fraction of sp³-hybridized carbons (Fsp3) is 0.304.